The standard InChI is InChI=1S/C19H20BrFN2O2/c1-13-6-8-15(20)12-17(13)23-19(25)10-11-22-18(24)9-7-14-4-2-3-5-16(14)21/h2-6,8,12H,7,9-11H2,1H3,(H,22,24)(H,23,25). The molecule has 25 heavy (non-hydrogen) atoms. The van der Waals surface area contributed by atoms with Crippen molar-refractivity contribution in [1.82, 2.24) is 5.32 Å². The Morgan fingerprint density at radius 3 is 2.60 bits per heavy atom. The summed E-state index contributed by atoms with van der Waals surface area (Å²) < 4.78 is 14.4. The van der Waals surface area contributed by atoms with Gasteiger partial charge in [0.2, 0.25) is 11.8 Å². The van der Waals surface area contributed by atoms with Gasteiger partial charge in [-0.25, -0.2) is 4.39 Å². The Kier molecular flexibility index (Phi) is 7.13. The molecular formula is C19H20BrFN2O2. The lowest BCUT2D eigenvalue weighted by Gasteiger charge is -2.09. The van der Waals surface area contributed by atoms with Gasteiger partial charge in [-0.15, -0.1) is 0 Å². The van der Waals surface area contributed by atoms with Crippen molar-refractivity contribution in [2.45, 2.75) is 26.2 Å². The van der Waals surface area contributed by atoms with Crippen LogP contribution in [0, 0.1) is 12.7 Å². The molecule has 0 aliphatic heterocycles. The number of aryl methyl sites for hydroxylation is 2. The van der Waals surface area contributed by atoms with Gasteiger partial charge in [0, 0.05) is 29.5 Å². The number of amides is 2. The van der Waals surface area contributed by atoms with Crippen molar-refractivity contribution >= 4 is 33.4 Å². The molecule has 2 rings (SSSR count). The molecule has 2 N–H and O–H groups in total. The molecular weight excluding hydrogens is 387 g/mol. The molecule has 0 fully saturated rings. The summed E-state index contributed by atoms with van der Waals surface area (Å²) in [6.07, 6.45) is 0.701. The third-order valence-corrected chi connectivity index (χ3v) is 4.22. The molecule has 6 heteroatoms. The number of carbonyl (C=O) groups excluding carboxylic acids is 2. The molecule has 0 saturated carbocycles. The zero-order valence-corrected chi connectivity index (χ0v) is 15.5. The Balaban J connectivity index is 1.71. The normalized spacial score (nSPS) is 10.4. The second-order valence-corrected chi connectivity index (χ2v) is 6.61. The molecule has 0 unspecified atom stereocenters. The molecule has 0 spiro atoms. The van der Waals surface area contributed by atoms with Crippen LogP contribution in [0.1, 0.15) is 24.0 Å². The third-order valence-electron chi connectivity index (χ3n) is 3.73. The number of benzene rings is 2. The van der Waals surface area contributed by atoms with E-state index in [1.165, 1.54) is 6.07 Å². The largest absolute Gasteiger partial charge is 0.356 e. The summed E-state index contributed by atoms with van der Waals surface area (Å²) in [5.41, 5.74) is 2.22. The molecule has 0 aliphatic rings. The van der Waals surface area contributed by atoms with E-state index in [4.69, 9.17) is 0 Å². The van der Waals surface area contributed by atoms with Crippen molar-refractivity contribution in [3.05, 3.63) is 63.9 Å². The van der Waals surface area contributed by atoms with Crippen LogP contribution < -0.4 is 10.6 Å². The minimum Gasteiger partial charge on any atom is -0.356 e. The van der Waals surface area contributed by atoms with E-state index in [1.807, 2.05) is 25.1 Å². The van der Waals surface area contributed by atoms with Gasteiger partial charge < -0.3 is 10.6 Å². The SMILES string of the molecule is Cc1ccc(Br)cc1NC(=O)CCNC(=O)CCc1ccccc1F. The van der Waals surface area contributed by atoms with Crippen molar-refractivity contribution in [3.63, 3.8) is 0 Å². The molecule has 2 aromatic rings. The van der Waals surface area contributed by atoms with Gasteiger partial charge in [-0.1, -0.05) is 40.2 Å². The number of carbonyl (C=O) groups is 2. The molecule has 0 heterocycles. The molecule has 0 aromatic heterocycles. The average molecular weight is 407 g/mol. The van der Waals surface area contributed by atoms with E-state index >= 15 is 0 Å². The molecule has 0 saturated heterocycles. The van der Waals surface area contributed by atoms with Crippen molar-refractivity contribution in [3.8, 4) is 0 Å². The highest BCUT2D eigenvalue weighted by Crippen LogP contribution is 2.20. The summed E-state index contributed by atoms with van der Waals surface area (Å²) >= 11 is 3.36. The van der Waals surface area contributed by atoms with Gasteiger partial charge in [0.15, 0.2) is 0 Å². The van der Waals surface area contributed by atoms with Crippen LogP contribution in [0.5, 0.6) is 0 Å². The lowest BCUT2D eigenvalue weighted by atomic mass is 10.1. The Hall–Kier alpha value is -2.21. The fourth-order valence-electron chi connectivity index (χ4n) is 2.29. The summed E-state index contributed by atoms with van der Waals surface area (Å²) in [7, 11) is 0. The summed E-state index contributed by atoms with van der Waals surface area (Å²) in [6, 6.07) is 12.0. The minimum absolute atomic E-state index is 0.171. The van der Waals surface area contributed by atoms with E-state index in [9.17, 15) is 14.0 Å². The van der Waals surface area contributed by atoms with E-state index in [2.05, 4.69) is 26.6 Å². The molecule has 132 valence electrons. The van der Waals surface area contributed by atoms with Crippen LogP contribution in [0.2, 0.25) is 0 Å². The smallest absolute Gasteiger partial charge is 0.226 e. The van der Waals surface area contributed by atoms with Crippen LogP contribution in [0.3, 0.4) is 0 Å². The molecule has 2 amide bonds. The number of rotatable bonds is 7. The van der Waals surface area contributed by atoms with Gasteiger partial charge in [-0.05, 0) is 42.7 Å². The number of hydrogen-bond donors (Lipinski definition) is 2. The highest BCUT2D eigenvalue weighted by atomic mass is 79.9. The first kappa shape index (κ1) is 19.1. The summed E-state index contributed by atoms with van der Waals surface area (Å²) in [5, 5.41) is 5.50. The Labute approximate surface area is 154 Å². The fraction of sp³-hybridized carbons (Fsp3) is 0.263. The van der Waals surface area contributed by atoms with E-state index in [1.54, 1.807) is 18.2 Å². The number of hydrogen-bond acceptors (Lipinski definition) is 2. The molecule has 0 radical (unpaired) electrons. The van der Waals surface area contributed by atoms with Gasteiger partial charge in [-0.2, -0.15) is 0 Å². The van der Waals surface area contributed by atoms with E-state index in [0.29, 0.717) is 12.0 Å². The van der Waals surface area contributed by atoms with Crippen molar-refractivity contribution in [2.75, 3.05) is 11.9 Å². The van der Waals surface area contributed by atoms with E-state index in [-0.39, 0.29) is 37.0 Å². The first-order chi connectivity index (χ1) is 12.0. The number of anilines is 1. The average Bonchev–Trinajstić information content (AvgIpc) is 2.57. The van der Waals surface area contributed by atoms with Crippen molar-refractivity contribution in [2.24, 2.45) is 0 Å². The van der Waals surface area contributed by atoms with Gasteiger partial charge in [0.1, 0.15) is 5.82 Å². The highest BCUT2D eigenvalue weighted by Gasteiger charge is 2.08. The van der Waals surface area contributed by atoms with Gasteiger partial charge in [0.25, 0.3) is 0 Å². The Bertz CT molecular complexity index is 765. The second-order valence-electron chi connectivity index (χ2n) is 5.70. The maximum Gasteiger partial charge on any atom is 0.226 e. The summed E-state index contributed by atoms with van der Waals surface area (Å²) in [5.74, 6) is -0.677. The van der Waals surface area contributed by atoms with Crippen LogP contribution in [-0.4, -0.2) is 18.4 Å². The monoisotopic (exact) mass is 406 g/mol. The molecule has 0 aliphatic carbocycles. The fourth-order valence-corrected chi connectivity index (χ4v) is 2.66. The van der Waals surface area contributed by atoms with Crippen LogP contribution in [0.15, 0.2) is 46.9 Å². The predicted octanol–water partition coefficient (Wildman–Crippen LogP) is 3.97. The molecule has 0 bridgehead atoms. The lowest BCUT2D eigenvalue weighted by Crippen LogP contribution is -2.28. The first-order valence-corrected chi connectivity index (χ1v) is 8.81. The minimum atomic E-state index is -0.306. The number of halogens is 2. The topological polar surface area (TPSA) is 58.2 Å². The molecule has 2 aromatic carbocycles. The van der Waals surface area contributed by atoms with Crippen LogP contribution in [-0.2, 0) is 16.0 Å². The van der Waals surface area contributed by atoms with E-state index < -0.39 is 0 Å². The number of nitrogens with one attached hydrogen (secondary N) is 2. The Morgan fingerprint density at radius 1 is 1.08 bits per heavy atom. The maximum absolute atomic E-state index is 13.5. The summed E-state index contributed by atoms with van der Waals surface area (Å²) in [4.78, 5) is 23.7. The zero-order valence-electron chi connectivity index (χ0n) is 13.9. The second kappa shape index (κ2) is 9.32. The van der Waals surface area contributed by atoms with Gasteiger partial charge >= 0.3 is 0 Å². The molecule has 0 atom stereocenters. The third kappa shape index (κ3) is 6.31. The zero-order chi connectivity index (χ0) is 18.2. The quantitative estimate of drug-likeness (QED) is 0.730. The maximum atomic E-state index is 13.5. The van der Waals surface area contributed by atoms with E-state index in [0.717, 1.165) is 15.7 Å². The van der Waals surface area contributed by atoms with Gasteiger partial charge in [-0.3, -0.25) is 9.59 Å². The summed E-state index contributed by atoms with van der Waals surface area (Å²) in [6.45, 7) is 2.15. The van der Waals surface area contributed by atoms with Crippen LogP contribution >= 0.6 is 15.9 Å². The first-order valence-electron chi connectivity index (χ1n) is 8.02. The van der Waals surface area contributed by atoms with Gasteiger partial charge in [0.05, 0.1) is 0 Å². The Morgan fingerprint density at radius 2 is 1.84 bits per heavy atom. The van der Waals surface area contributed by atoms with Crippen molar-refractivity contribution in [1.29, 1.82) is 0 Å². The van der Waals surface area contributed by atoms with Crippen molar-refractivity contribution < 1.29 is 14.0 Å². The molecule has 4 nitrogen and oxygen atoms in total. The predicted molar refractivity (Wildman–Crippen MR) is 99.9 cm³/mol. The lowest BCUT2D eigenvalue weighted by molar-refractivity contribution is -0.121. The highest BCUT2D eigenvalue weighted by molar-refractivity contribution is 9.10. The van der Waals surface area contributed by atoms with Crippen LogP contribution in [0.4, 0.5) is 10.1 Å². The van der Waals surface area contributed by atoms with Crippen LogP contribution in [0.25, 0.3) is 0 Å².